The Bertz CT molecular complexity index is 314. The third-order valence-electron chi connectivity index (χ3n) is 1.92. The number of nitrogens with zero attached hydrogens (tertiary/aromatic N) is 3. The molecule has 84 valence electrons. The molecule has 1 heterocycles. The van der Waals surface area contributed by atoms with Crippen LogP contribution in [0.2, 0.25) is 0 Å². The number of aromatic nitrogens is 2. The van der Waals surface area contributed by atoms with Gasteiger partial charge in [0.05, 0.1) is 0 Å². The minimum atomic E-state index is 0.835. The van der Waals surface area contributed by atoms with E-state index >= 15 is 0 Å². The zero-order valence-electron chi connectivity index (χ0n) is 9.42. The van der Waals surface area contributed by atoms with Gasteiger partial charge in [-0.15, -0.1) is 0 Å². The Morgan fingerprint density at radius 2 is 2.13 bits per heavy atom. The van der Waals surface area contributed by atoms with Crippen LogP contribution in [0.4, 0.5) is 5.82 Å². The van der Waals surface area contributed by atoms with E-state index in [0.29, 0.717) is 0 Å². The van der Waals surface area contributed by atoms with Gasteiger partial charge in [-0.1, -0.05) is 6.92 Å². The maximum Gasteiger partial charge on any atom is 0.131 e. The monoisotopic (exact) mass is 272 g/mol. The summed E-state index contributed by atoms with van der Waals surface area (Å²) in [6.45, 7) is 3.92. The third-order valence-corrected chi connectivity index (χ3v) is 2.33. The normalized spacial score (nSPS) is 10.7. The quantitative estimate of drug-likeness (QED) is 0.830. The summed E-state index contributed by atoms with van der Waals surface area (Å²) in [5, 5.41) is 3.27. The van der Waals surface area contributed by atoms with Gasteiger partial charge in [-0.2, -0.15) is 0 Å². The van der Waals surface area contributed by atoms with E-state index in [2.05, 4.69) is 50.2 Å². The molecule has 1 rings (SSSR count). The van der Waals surface area contributed by atoms with Crippen LogP contribution in [-0.2, 0) is 6.42 Å². The molecule has 1 aromatic heterocycles. The molecular weight excluding hydrogens is 256 g/mol. The van der Waals surface area contributed by atoms with Gasteiger partial charge in [0.25, 0.3) is 0 Å². The molecule has 0 saturated heterocycles. The topological polar surface area (TPSA) is 41.1 Å². The second kappa shape index (κ2) is 6.02. The number of rotatable bonds is 5. The molecule has 4 nitrogen and oxygen atoms in total. The SMILES string of the molecule is CCc1nc(Br)cc(NCCN(C)C)n1. The first-order chi connectivity index (χ1) is 7.11. The Morgan fingerprint density at radius 3 is 2.73 bits per heavy atom. The van der Waals surface area contributed by atoms with Crippen molar-refractivity contribution in [1.82, 2.24) is 14.9 Å². The van der Waals surface area contributed by atoms with E-state index in [1.165, 1.54) is 0 Å². The van der Waals surface area contributed by atoms with Gasteiger partial charge in [0.15, 0.2) is 0 Å². The van der Waals surface area contributed by atoms with Crippen LogP contribution in [0.15, 0.2) is 10.7 Å². The fourth-order valence-corrected chi connectivity index (χ4v) is 1.54. The van der Waals surface area contributed by atoms with Crippen molar-refractivity contribution in [1.29, 1.82) is 0 Å². The van der Waals surface area contributed by atoms with Crippen LogP contribution < -0.4 is 5.32 Å². The fraction of sp³-hybridized carbons (Fsp3) is 0.600. The molecule has 1 N–H and O–H groups in total. The Morgan fingerprint density at radius 1 is 1.40 bits per heavy atom. The highest BCUT2D eigenvalue weighted by atomic mass is 79.9. The van der Waals surface area contributed by atoms with Crippen LogP contribution in [0.1, 0.15) is 12.7 Å². The smallest absolute Gasteiger partial charge is 0.131 e. The number of aryl methyl sites for hydroxylation is 1. The molecule has 1 aromatic rings. The lowest BCUT2D eigenvalue weighted by Gasteiger charge is -2.11. The highest BCUT2D eigenvalue weighted by Gasteiger charge is 2.00. The van der Waals surface area contributed by atoms with Gasteiger partial charge in [0.1, 0.15) is 16.2 Å². The summed E-state index contributed by atoms with van der Waals surface area (Å²) >= 11 is 3.37. The second-order valence-electron chi connectivity index (χ2n) is 3.58. The zero-order chi connectivity index (χ0) is 11.3. The summed E-state index contributed by atoms with van der Waals surface area (Å²) in [7, 11) is 4.10. The average Bonchev–Trinajstić information content (AvgIpc) is 2.16. The molecule has 0 aliphatic heterocycles. The zero-order valence-corrected chi connectivity index (χ0v) is 11.0. The molecule has 0 radical (unpaired) electrons. The molecule has 0 spiro atoms. The number of nitrogens with one attached hydrogen (secondary N) is 1. The number of halogens is 1. The lowest BCUT2D eigenvalue weighted by Crippen LogP contribution is -2.21. The Hall–Kier alpha value is -0.680. The molecule has 0 saturated carbocycles. The molecule has 0 atom stereocenters. The molecule has 0 aliphatic carbocycles. The van der Waals surface area contributed by atoms with Crippen molar-refractivity contribution in [3.8, 4) is 0 Å². The minimum absolute atomic E-state index is 0.835. The Labute approximate surface area is 99.2 Å². The highest BCUT2D eigenvalue weighted by molar-refractivity contribution is 9.10. The highest BCUT2D eigenvalue weighted by Crippen LogP contribution is 2.12. The van der Waals surface area contributed by atoms with Gasteiger partial charge >= 0.3 is 0 Å². The van der Waals surface area contributed by atoms with Crippen molar-refractivity contribution in [3.05, 3.63) is 16.5 Å². The summed E-state index contributed by atoms with van der Waals surface area (Å²) in [5.74, 6) is 1.74. The largest absolute Gasteiger partial charge is 0.369 e. The minimum Gasteiger partial charge on any atom is -0.369 e. The summed E-state index contributed by atoms with van der Waals surface area (Å²) in [6.07, 6.45) is 0.849. The van der Waals surface area contributed by atoms with Gasteiger partial charge in [-0.25, -0.2) is 9.97 Å². The van der Waals surface area contributed by atoms with Crippen LogP contribution in [0.25, 0.3) is 0 Å². The van der Waals surface area contributed by atoms with Crippen molar-refractivity contribution in [3.63, 3.8) is 0 Å². The Balaban J connectivity index is 2.56. The van der Waals surface area contributed by atoms with Crippen LogP contribution in [-0.4, -0.2) is 42.1 Å². The van der Waals surface area contributed by atoms with Gasteiger partial charge < -0.3 is 10.2 Å². The van der Waals surface area contributed by atoms with Gasteiger partial charge in [0, 0.05) is 25.6 Å². The van der Waals surface area contributed by atoms with Crippen LogP contribution >= 0.6 is 15.9 Å². The standard InChI is InChI=1S/C10H17BrN4/c1-4-9-13-8(11)7-10(14-9)12-5-6-15(2)3/h7H,4-6H2,1-3H3,(H,12,13,14). The lowest BCUT2D eigenvalue weighted by molar-refractivity contribution is 0.425. The van der Waals surface area contributed by atoms with Crippen LogP contribution in [0, 0.1) is 0 Å². The maximum atomic E-state index is 4.38. The predicted octanol–water partition coefficient (Wildman–Crippen LogP) is 1.77. The first-order valence-corrected chi connectivity index (χ1v) is 5.83. The summed E-state index contributed by atoms with van der Waals surface area (Å²) in [4.78, 5) is 10.8. The number of hydrogen-bond acceptors (Lipinski definition) is 4. The average molecular weight is 273 g/mol. The lowest BCUT2D eigenvalue weighted by atomic mass is 10.4. The van der Waals surface area contributed by atoms with E-state index < -0.39 is 0 Å². The van der Waals surface area contributed by atoms with E-state index in [9.17, 15) is 0 Å². The van der Waals surface area contributed by atoms with E-state index in [4.69, 9.17) is 0 Å². The van der Waals surface area contributed by atoms with E-state index in [-0.39, 0.29) is 0 Å². The molecule has 0 bridgehead atoms. The van der Waals surface area contributed by atoms with Crippen molar-refractivity contribution < 1.29 is 0 Å². The van der Waals surface area contributed by atoms with Crippen LogP contribution in [0.5, 0.6) is 0 Å². The molecule has 0 amide bonds. The summed E-state index contributed by atoms with van der Waals surface area (Å²) < 4.78 is 0.835. The van der Waals surface area contributed by atoms with Crippen LogP contribution in [0.3, 0.4) is 0 Å². The fourth-order valence-electron chi connectivity index (χ4n) is 1.12. The first kappa shape index (κ1) is 12.4. The maximum absolute atomic E-state index is 4.38. The van der Waals surface area contributed by atoms with Gasteiger partial charge in [-0.3, -0.25) is 0 Å². The summed E-state index contributed by atoms with van der Waals surface area (Å²) in [6, 6.07) is 1.90. The van der Waals surface area contributed by atoms with E-state index in [0.717, 1.165) is 35.8 Å². The first-order valence-electron chi connectivity index (χ1n) is 5.04. The van der Waals surface area contributed by atoms with Crippen molar-refractivity contribution in [2.75, 3.05) is 32.5 Å². The van der Waals surface area contributed by atoms with Crippen molar-refractivity contribution in [2.24, 2.45) is 0 Å². The molecule has 5 heteroatoms. The molecular formula is C10H17BrN4. The van der Waals surface area contributed by atoms with Gasteiger partial charge in [0.2, 0.25) is 0 Å². The van der Waals surface area contributed by atoms with Crippen molar-refractivity contribution in [2.45, 2.75) is 13.3 Å². The molecule has 15 heavy (non-hydrogen) atoms. The van der Waals surface area contributed by atoms with Crippen molar-refractivity contribution >= 4 is 21.7 Å². The molecule has 0 aromatic carbocycles. The van der Waals surface area contributed by atoms with E-state index in [1.807, 2.05) is 13.0 Å². The Kier molecular flexibility index (Phi) is 4.98. The second-order valence-corrected chi connectivity index (χ2v) is 4.39. The molecule has 0 fully saturated rings. The number of likely N-dealkylation sites (N-methyl/N-ethyl adjacent to an activating group) is 1. The number of hydrogen-bond donors (Lipinski definition) is 1. The molecule has 0 unspecified atom stereocenters. The predicted molar refractivity (Wildman–Crippen MR) is 66.2 cm³/mol. The van der Waals surface area contributed by atoms with Gasteiger partial charge in [-0.05, 0) is 30.0 Å². The summed E-state index contributed by atoms with van der Waals surface area (Å²) in [5.41, 5.74) is 0. The number of anilines is 1. The third kappa shape index (κ3) is 4.57. The van der Waals surface area contributed by atoms with E-state index in [1.54, 1.807) is 0 Å². The molecule has 0 aliphatic rings.